The number of amides is 1. The summed E-state index contributed by atoms with van der Waals surface area (Å²) >= 11 is 0. The first-order valence-electron chi connectivity index (χ1n) is 7.82. The minimum atomic E-state index is -1.47. The maximum atomic E-state index is 11.8. The smallest absolute Gasteiger partial charge is 0.301 e. The Kier molecular flexibility index (Phi) is 3.06. The maximum absolute atomic E-state index is 11.8. The van der Waals surface area contributed by atoms with Gasteiger partial charge in [-0.15, -0.1) is 0 Å². The normalized spacial score (nSPS) is 28.5. The van der Waals surface area contributed by atoms with Crippen LogP contribution in [0.5, 0.6) is 0 Å². The van der Waals surface area contributed by atoms with E-state index in [1.165, 1.54) is 18.1 Å². The molecule has 6 heteroatoms. The number of nitrogens with zero attached hydrogens (tertiary/aromatic N) is 2. The number of aliphatic imine (C=N–C) groups is 1. The first-order chi connectivity index (χ1) is 11.1. The number of carbonyl (C=O) groups excluding carboxylic acids is 2. The molecule has 4 rings (SSSR count). The number of carbonyl (C=O) groups is 2. The predicted octanol–water partition coefficient (Wildman–Crippen LogP) is 1.38. The predicted molar refractivity (Wildman–Crippen MR) is 81.7 cm³/mol. The minimum absolute atomic E-state index is 0.246. The number of fused-ring (bicyclic) bond motifs is 2. The molecule has 23 heavy (non-hydrogen) atoms. The zero-order valence-corrected chi connectivity index (χ0v) is 12.9. The van der Waals surface area contributed by atoms with Crippen molar-refractivity contribution in [3.8, 4) is 0 Å². The summed E-state index contributed by atoms with van der Waals surface area (Å²) in [6.07, 6.45) is 2.12. The fraction of sp³-hybridized carbons (Fsp3) is 0.471. The van der Waals surface area contributed by atoms with E-state index in [0.29, 0.717) is 26.0 Å². The summed E-state index contributed by atoms with van der Waals surface area (Å²) in [5, 5.41) is 0. The van der Waals surface area contributed by atoms with Crippen molar-refractivity contribution in [2.24, 2.45) is 4.99 Å². The molecule has 0 aliphatic carbocycles. The fourth-order valence-corrected chi connectivity index (χ4v) is 3.52. The van der Waals surface area contributed by atoms with Crippen molar-refractivity contribution >= 4 is 18.2 Å². The summed E-state index contributed by atoms with van der Waals surface area (Å²) in [5.74, 6) is -0.537. The Balaban J connectivity index is 1.50. The fourth-order valence-electron chi connectivity index (χ4n) is 3.52. The van der Waals surface area contributed by atoms with E-state index in [4.69, 9.17) is 9.47 Å². The van der Waals surface area contributed by atoms with E-state index >= 15 is 0 Å². The molecule has 1 amide bonds. The van der Waals surface area contributed by atoms with Gasteiger partial charge in [-0.2, -0.15) is 4.99 Å². The molecule has 3 aliphatic rings. The number of rotatable bonds is 1. The lowest BCUT2D eigenvalue weighted by atomic mass is 9.84. The van der Waals surface area contributed by atoms with E-state index in [-0.39, 0.29) is 11.6 Å². The summed E-state index contributed by atoms with van der Waals surface area (Å²) < 4.78 is 11.6. The van der Waals surface area contributed by atoms with Crippen LogP contribution in [0.1, 0.15) is 30.9 Å². The van der Waals surface area contributed by atoms with Gasteiger partial charge in [0, 0.05) is 13.1 Å². The molecule has 1 fully saturated rings. The third-order valence-corrected chi connectivity index (χ3v) is 5.00. The molecule has 1 atom stereocenters. The van der Waals surface area contributed by atoms with Crippen LogP contribution in [0.3, 0.4) is 0 Å². The van der Waals surface area contributed by atoms with Crippen LogP contribution in [0.15, 0.2) is 29.3 Å². The van der Waals surface area contributed by atoms with Crippen molar-refractivity contribution in [3.05, 3.63) is 35.4 Å². The van der Waals surface area contributed by atoms with Crippen LogP contribution in [0.4, 0.5) is 0 Å². The molecule has 1 aromatic carbocycles. The lowest BCUT2D eigenvalue weighted by Crippen LogP contribution is -2.46. The summed E-state index contributed by atoms with van der Waals surface area (Å²) in [6, 6.07) is 8.57. The molecule has 0 bridgehead atoms. The Morgan fingerprint density at radius 1 is 1.26 bits per heavy atom. The van der Waals surface area contributed by atoms with Crippen molar-refractivity contribution < 1.29 is 19.1 Å². The second kappa shape index (κ2) is 4.89. The minimum Gasteiger partial charge on any atom is -0.440 e. The zero-order valence-electron chi connectivity index (χ0n) is 12.9. The zero-order chi connectivity index (χ0) is 16.1. The van der Waals surface area contributed by atoms with Gasteiger partial charge in [-0.3, -0.25) is 9.59 Å². The molecule has 0 saturated carbocycles. The third kappa shape index (κ3) is 2.09. The maximum Gasteiger partial charge on any atom is 0.301 e. The molecular formula is C17H18N2O4. The van der Waals surface area contributed by atoms with Gasteiger partial charge in [-0.25, -0.2) is 0 Å². The van der Waals surface area contributed by atoms with Gasteiger partial charge < -0.3 is 14.4 Å². The molecule has 0 radical (unpaired) electrons. The number of aldehydes is 1. The van der Waals surface area contributed by atoms with Crippen LogP contribution in [0.2, 0.25) is 0 Å². The van der Waals surface area contributed by atoms with E-state index in [9.17, 15) is 9.59 Å². The van der Waals surface area contributed by atoms with Crippen molar-refractivity contribution in [2.45, 2.75) is 37.6 Å². The number of benzene rings is 1. The Hall–Kier alpha value is -2.21. The van der Waals surface area contributed by atoms with E-state index < -0.39 is 11.5 Å². The van der Waals surface area contributed by atoms with E-state index in [0.717, 1.165) is 12.8 Å². The van der Waals surface area contributed by atoms with Gasteiger partial charge in [-0.05, 0) is 30.9 Å². The topological polar surface area (TPSA) is 68.2 Å². The highest BCUT2D eigenvalue weighted by atomic mass is 16.5. The van der Waals surface area contributed by atoms with Crippen molar-refractivity contribution in [3.63, 3.8) is 0 Å². The highest BCUT2D eigenvalue weighted by Crippen LogP contribution is 2.44. The van der Waals surface area contributed by atoms with Crippen LogP contribution in [0.25, 0.3) is 0 Å². The number of likely N-dealkylation sites (tertiary alicyclic amines) is 1. The molecule has 1 unspecified atom stereocenters. The number of hydrogen-bond donors (Lipinski definition) is 0. The first-order valence-corrected chi connectivity index (χ1v) is 7.82. The standard InChI is InChI=1S/C17H18N2O4/c1-16(11-20)14(21)18-15(23-16)19-8-6-17(7-9-19)13-5-3-2-4-12(13)10-22-17/h2-5,11H,6-10H2,1H3. The van der Waals surface area contributed by atoms with E-state index in [1.807, 2.05) is 17.0 Å². The quantitative estimate of drug-likeness (QED) is 0.578. The Morgan fingerprint density at radius 3 is 2.70 bits per heavy atom. The molecule has 1 saturated heterocycles. The number of amidine groups is 1. The molecule has 1 spiro atoms. The van der Waals surface area contributed by atoms with Crippen molar-refractivity contribution in [1.82, 2.24) is 4.90 Å². The summed E-state index contributed by atoms with van der Waals surface area (Å²) in [4.78, 5) is 28.7. The van der Waals surface area contributed by atoms with Crippen LogP contribution < -0.4 is 0 Å². The lowest BCUT2D eigenvalue weighted by molar-refractivity contribution is -0.137. The van der Waals surface area contributed by atoms with Gasteiger partial charge >= 0.3 is 5.91 Å². The number of hydrogen-bond acceptors (Lipinski definition) is 5. The molecule has 1 aromatic rings. The molecule has 0 aromatic heterocycles. The van der Waals surface area contributed by atoms with Gasteiger partial charge in [0.1, 0.15) is 0 Å². The average molecular weight is 314 g/mol. The third-order valence-electron chi connectivity index (χ3n) is 5.00. The number of piperidine rings is 1. The van der Waals surface area contributed by atoms with E-state index in [1.54, 1.807) is 0 Å². The Bertz CT molecular complexity index is 706. The Morgan fingerprint density at radius 2 is 2.00 bits per heavy atom. The van der Waals surface area contributed by atoms with Gasteiger partial charge in [0.05, 0.1) is 12.2 Å². The molecular weight excluding hydrogens is 296 g/mol. The highest BCUT2D eigenvalue weighted by molar-refractivity contribution is 6.10. The van der Waals surface area contributed by atoms with Crippen molar-refractivity contribution in [1.29, 1.82) is 0 Å². The SMILES string of the molecule is CC1(C=O)OC(N2CCC3(CC2)OCc2ccccc23)=NC1=O. The van der Waals surface area contributed by atoms with Crippen LogP contribution >= 0.6 is 0 Å². The first kappa shape index (κ1) is 14.4. The van der Waals surface area contributed by atoms with Crippen LogP contribution in [0, 0.1) is 0 Å². The summed E-state index contributed by atoms with van der Waals surface area (Å²) in [7, 11) is 0. The second-order valence-electron chi connectivity index (χ2n) is 6.45. The molecule has 3 aliphatic heterocycles. The second-order valence-corrected chi connectivity index (χ2v) is 6.45. The Labute approximate surface area is 134 Å². The van der Waals surface area contributed by atoms with Gasteiger partial charge in [0.2, 0.25) is 5.60 Å². The monoisotopic (exact) mass is 314 g/mol. The van der Waals surface area contributed by atoms with Gasteiger partial charge in [-0.1, -0.05) is 24.3 Å². The highest BCUT2D eigenvalue weighted by Gasteiger charge is 2.47. The number of ether oxygens (including phenoxy) is 2. The summed E-state index contributed by atoms with van der Waals surface area (Å²) in [6.45, 7) is 3.45. The van der Waals surface area contributed by atoms with Crippen LogP contribution in [-0.4, -0.2) is 41.8 Å². The summed E-state index contributed by atoms with van der Waals surface area (Å²) in [5.41, 5.74) is 0.798. The molecule has 3 heterocycles. The molecule has 0 N–H and O–H groups in total. The lowest BCUT2D eigenvalue weighted by Gasteiger charge is -2.39. The van der Waals surface area contributed by atoms with Gasteiger partial charge in [0.25, 0.3) is 6.02 Å². The molecule has 6 nitrogen and oxygen atoms in total. The molecule has 120 valence electrons. The van der Waals surface area contributed by atoms with Crippen LogP contribution in [-0.2, 0) is 31.3 Å². The van der Waals surface area contributed by atoms with E-state index in [2.05, 4.69) is 17.1 Å². The van der Waals surface area contributed by atoms with Crippen molar-refractivity contribution in [2.75, 3.05) is 13.1 Å². The average Bonchev–Trinajstić information content (AvgIpc) is 3.08. The largest absolute Gasteiger partial charge is 0.440 e. The van der Waals surface area contributed by atoms with Gasteiger partial charge in [0.15, 0.2) is 6.29 Å².